The highest BCUT2D eigenvalue weighted by Gasteiger charge is 2.07. The van der Waals surface area contributed by atoms with Crippen LogP contribution in [0, 0.1) is 19.7 Å². The summed E-state index contributed by atoms with van der Waals surface area (Å²) >= 11 is 0. The fraction of sp³-hybridized carbons (Fsp3) is 0.308. The number of hydrogen-bond donors (Lipinski definition) is 1. The minimum atomic E-state index is -0.237. The normalized spacial score (nSPS) is 10.8. The van der Waals surface area contributed by atoms with Gasteiger partial charge in [0.2, 0.25) is 0 Å². The molecule has 0 fully saturated rings. The molecule has 1 aromatic heterocycles. The van der Waals surface area contributed by atoms with Crippen molar-refractivity contribution in [2.75, 3.05) is 0 Å². The zero-order valence-electron chi connectivity index (χ0n) is 10.1. The van der Waals surface area contributed by atoms with Crippen molar-refractivity contribution in [3.63, 3.8) is 0 Å². The van der Waals surface area contributed by atoms with E-state index in [2.05, 4.69) is 5.10 Å². The summed E-state index contributed by atoms with van der Waals surface area (Å²) in [6.07, 6.45) is 0. The maximum atomic E-state index is 13.2. The van der Waals surface area contributed by atoms with Crippen LogP contribution in [-0.2, 0) is 13.1 Å². The SMILES string of the molecule is Cc1cc(C)n(Cc2cc(F)ccc2CN)n1. The summed E-state index contributed by atoms with van der Waals surface area (Å²) in [6, 6.07) is 6.70. The zero-order chi connectivity index (χ0) is 12.4. The van der Waals surface area contributed by atoms with Crippen molar-refractivity contribution in [3.05, 3.63) is 52.6 Å². The van der Waals surface area contributed by atoms with Crippen LogP contribution in [0.1, 0.15) is 22.5 Å². The van der Waals surface area contributed by atoms with Crippen molar-refractivity contribution >= 4 is 0 Å². The third-order valence-electron chi connectivity index (χ3n) is 2.81. The Bertz CT molecular complexity index is 531. The quantitative estimate of drug-likeness (QED) is 0.882. The lowest BCUT2D eigenvalue weighted by molar-refractivity contribution is 0.612. The standard InChI is InChI=1S/C13H16FN3/c1-9-5-10(2)17(16-9)8-12-6-13(14)4-3-11(12)7-15/h3-6H,7-8,15H2,1-2H3. The Morgan fingerprint density at radius 2 is 2.00 bits per heavy atom. The fourth-order valence-corrected chi connectivity index (χ4v) is 1.94. The molecule has 0 atom stereocenters. The number of hydrogen-bond acceptors (Lipinski definition) is 2. The number of nitrogens with two attached hydrogens (primary N) is 1. The second-order valence-electron chi connectivity index (χ2n) is 4.20. The minimum absolute atomic E-state index is 0.237. The fourth-order valence-electron chi connectivity index (χ4n) is 1.94. The number of aromatic nitrogens is 2. The molecule has 2 N–H and O–H groups in total. The second-order valence-corrected chi connectivity index (χ2v) is 4.20. The van der Waals surface area contributed by atoms with Gasteiger partial charge in [-0.1, -0.05) is 6.07 Å². The molecule has 2 aromatic rings. The number of aryl methyl sites for hydroxylation is 2. The molecular weight excluding hydrogens is 217 g/mol. The number of rotatable bonds is 3. The zero-order valence-corrected chi connectivity index (χ0v) is 10.1. The number of halogens is 1. The molecule has 90 valence electrons. The van der Waals surface area contributed by atoms with Gasteiger partial charge >= 0.3 is 0 Å². The van der Waals surface area contributed by atoms with Gasteiger partial charge in [0.15, 0.2) is 0 Å². The lowest BCUT2D eigenvalue weighted by Crippen LogP contribution is -2.09. The summed E-state index contributed by atoms with van der Waals surface area (Å²) in [6.45, 7) is 4.90. The lowest BCUT2D eigenvalue weighted by Gasteiger charge is -2.09. The average molecular weight is 233 g/mol. The summed E-state index contributed by atoms with van der Waals surface area (Å²) in [5, 5.41) is 4.36. The van der Waals surface area contributed by atoms with E-state index in [-0.39, 0.29) is 5.82 Å². The van der Waals surface area contributed by atoms with Crippen molar-refractivity contribution < 1.29 is 4.39 Å². The Morgan fingerprint density at radius 3 is 2.59 bits per heavy atom. The predicted molar refractivity (Wildman–Crippen MR) is 65.1 cm³/mol. The van der Waals surface area contributed by atoms with Crippen molar-refractivity contribution in [1.82, 2.24) is 9.78 Å². The van der Waals surface area contributed by atoms with Crippen LogP contribution in [0.2, 0.25) is 0 Å². The minimum Gasteiger partial charge on any atom is -0.326 e. The smallest absolute Gasteiger partial charge is 0.123 e. The first-order chi connectivity index (χ1) is 8.10. The first-order valence-corrected chi connectivity index (χ1v) is 5.58. The van der Waals surface area contributed by atoms with E-state index in [0.29, 0.717) is 13.1 Å². The van der Waals surface area contributed by atoms with Gasteiger partial charge in [-0.3, -0.25) is 4.68 Å². The third-order valence-corrected chi connectivity index (χ3v) is 2.81. The van der Waals surface area contributed by atoms with Crippen LogP contribution in [0.25, 0.3) is 0 Å². The van der Waals surface area contributed by atoms with Crippen LogP contribution >= 0.6 is 0 Å². The average Bonchev–Trinajstić information content (AvgIpc) is 2.58. The van der Waals surface area contributed by atoms with Crippen molar-refractivity contribution in [2.45, 2.75) is 26.9 Å². The van der Waals surface area contributed by atoms with Crippen LogP contribution in [0.5, 0.6) is 0 Å². The molecule has 1 heterocycles. The van der Waals surface area contributed by atoms with E-state index < -0.39 is 0 Å². The first-order valence-electron chi connectivity index (χ1n) is 5.58. The van der Waals surface area contributed by atoms with Crippen LogP contribution in [0.4, 0.5) is 4.39 Å². The van der Waals surface area contributed by atoms with Crippen LogP contribution < -0.4 is 5.73 Å². The largest absolute Gasteiger partial charge is 0.326 e. The van der Waals surface area contributed by atoms with Gasteiger partial charge in [0.1, 0.15) is 5.82 Å². The molecule has 0 saturated heterocycles. The van der Waals surface area contributed by atoms with Crippen molar-refractivity contribution in [1.29, 1.82) is 0 Å². The summed E-state index contributed by atoms with van der Waals surface area (Å²) in [5.74, 6) is -0.237. The highest BCUT2D eigenvalue weighted by Crippen LogP contribution is 2.14. The van der Waals surface area contributed by atoms with E-state index in [4.69, 9.17) is 5.73 Å². The van der Waals surface area contributed by atoms with Gasteiger partial charge in [0, 0.05) is 12.2 Å². The molecule has 0 aliphatic heterocycles. The molecule has 0 amide bonds. The van der Waals surface area contributed by atoms with Gasteiger partial charge in [-0.2, -0.15) is 5.10 Å². The highest BCUT2D eigenvalue weighted by atomic mass is 19.1. The van der Waals surface area contributed by atoms with E-state index in [0.717, 1.165) is 22.5 Å². The van der Waals surface area contributed by atoms with Crippen LogP contribution in [0.15, 0.2) is 24.3 Å². The molecular formula is C13H16FN3. The summed E-state index contributed by atoms with van der Waals surface area (Å²) < 4.78 is 15.1. The van der Waals surface area contributed by atoms with Gasteiger partial charge in [0.05, 0.1) is 12.2 Å². The van der Waals surface area contributed by atoms with Gasteiger partial charge in [0.25, 0.3) is 0 Å². The molecule has 0 aliphatic carbocycles. The predicted octanol–water partition coefficient (Wildman–Crippen LogP) is 2.15. The topological polar surface area (TPSA) is 43.8 Å². The maximum Gasteiger partial charge on any atom is 0.123 e. The molecule has 0 bridgehead atoms. The van der Waals surface area contributed by atoms with Crippen LogP contribution in [0.3, 0.4) is 0 Å². The van der Waals surface area contributed by atoms with E-state index >= 15 is 0 Å². The van der Waals surface area contributed by atoms with Gasteiger partial charge in [-0.15, -0.1) is 0 Å². The lowest BCUT2D eigenvalue weighted by atomic mass is 10.1. The Hall–Kier alpha value is -1.68. The Balaban J connectivity index is 2.35. The van der Waals surface area contributed by atoms with Crippen LogP contribution in [-0.4, -0.2) is 9.78 Å². The van der Waals surface area contributed by atoms with E-state index in [9.17, 15) is 4.39 Å². The monoisotopic (exact) mass is 233 g/mol. The molecule has 0 aliphatic rings. The van der Waals surface area contributed by atoms with Gasteiger partial charge in [-0.05, 0) is 43.2 Å². The molecule has 2 rings (SSSR count). The summed E-state index contributed by atoms with van der Waals surface area (Å²) in [4.78, 5) is 0. The maximum absolute atomic E-state index is 13.2. The number of nitrogens with zero attached hydrogens (tertiary/aromatic N) is 2. The highest BCUT2D eigenvalue weighted by molar-refractivity contribution is 5.28. The van der Waals surface area contributed by atoms with Crippen molar-refractivity contribution in [3.8, 4) is 0 Å². The summed E-state index contributed by atoms with van der Waals surface area (Å²) in [5.41, 5.74) is 9.52. The van der Waals surface area contributed by atoms with Crippen molar-refractivity contribution in [2.24, 2.45) is 5.73 Å². The Labute approximate surface area is 100 Å². The third kappa shape index (κ3) is 2.53. The molecule has 1 aromatic carbocycles. The molecule has 0 spiro atoms. The Kier molecular flexibility index (Phi) is 3.24. The molecule has 0 unspecified atom stereocenters. The molecule has 3 nitrogen and oxygen atoms in total. The molecule has 0 radical (unpaired) electrons. The molecule has 0 saturated carbocycles. The Morgan fingerprint density at radius 1 is 1.24 bits per heavy atom. The van der Waals surface area contributed by atoms with E-state index in [1.807, 2.05) is 24.6 Å². The van der Waals surface area contributed by atoms with Gasteiger partial charge in [-0.25, -0.2) is 4.39 Å². The summed E-state index contributed by atoms with van der Waals surface area (Å²) in [7, 11) is 0. The second kappa shape index (κ2) is 4.67. The number of benzene rings is 1. The van der Waals surface area contributed by atoms with Gasteiger partial charge < -0.3 is 5.73 Å². The van der Waals surface area contributed by atoms with E-state index in [1.165, 1.54) is 12.1 Å². The van der Waals surface area contributed by atoms with E-state index in [1.54, 1.807) is 6.07 Å². The molecule has 4 heteroatoms. The first kappa shape index (κ1) is 11.8. The molecule has 17 heavy (non-hydrogen) atoms.